The maximum atomic E-state index is 12.5. The predicted molar refractivity (Wildman–Crippen MR) is 94.6 cm³/mol. The van der Waals surface area contributed by atoms with E-state index in [1.807, 2.05) is 31.2 Å². The maximum Gasteiger partial charge on any atom is 0.287 e. The third kappa shape index (κ3) is 3.03. The summed E-state index contributed by atoms with van der Waals surface area (Å²) in [6.07, 6.45) is -0.252. The van der Waals surface area contributed by atoms with Crippen LogP contribution in [0.4, 0.5) is 0 Å². The number of para-hydroxylation sites is 2. The van der Waals surface area contributed by atoms with Crippen molar-refractivity contribution in [3.63, 3.8) is 0 Å². The monoisotopic (exact) mass is 357 g/mol. The number of hydrogen-bond donors (Lipinski definition) is 1. The number of carbonyl (C=O) groups is 1. The molecule has 0 saturated heterocycles. The second-order valence-electron chi connectivity index (χ2n) is 5.90. The SMILES string of the molecule is Cc1c(C(=O)NC[C@@H]2COc3ccccc3O2)oc2ccc(Cl)cc12. The van der Waals surface area contributed by atoms with Crippen LogP contribution in [0.15, 0.2) is 46.9 Å². The molecule has 0 spiro atoms. The minimum Gasteiger partial charge on any atom is -0.486 e. The summed E-state index contributed by atoms with van der Waals surface area (Å²) < 4.78 is 17.1. The third-order valence-corrected chi connectivity index (χ3v) is 4.40. The van der Waals surface area contributed by atoms with Crippen molar-refractivity contribution in [1.29, 1.82) is 0 Å². The van der Waals surface area contributed by atoms with E-state index in [2.05, 4.69) is 5.32 Å². The lowest BCUT2D eigenvalue weighted by molar-refractivity contribution is 0.0774. The largest absolute Gasteiger partial charge is 0.486 e. The third-order valence-electron chi connectivity index (χ3n) is 4.16. The van der Waals surface area contributed by atoms with Gasteiger partial charge in [0.25, 0.3) is 5.91 Å². The van der Waals surface area contributed by atoms with Gasteiger partial charge in [0.2, 0.25) is 0 Å². The highest BCUT2D eigenvalue weighted by Crippen LogP contribution is 2.31. The average molecular weight is 358 g/mol. The smallest absolute Gasteiger partial charge is 0.287 e. The van der Waals surface area contributed by atoms with Gasteiger partial charge in [-0.15, -0.1) is 0 Å². The Labute approximate surface area is 149 Å². The van der Waals surface area contributed by atoms with E-state index in [0.717, 1.165) is 16.7 Å². The minimum atomic E-state index is -0.285. The predicted octanol–water partition coefficient (Wildman–Crippen LogP) is 3.96. The van der Waals surface area contributed by atoms with E-state index in [0.29, 0.717) is 29.5 Å². The Morgan fingerprint density at radius 3 is 2.88 bits per heavy atom. The fourth-order valence-electron chi connectivity index (χ4n) is 2.86. The molecule has 6 heteroatoms. The zero-order valence-electron chi connectivity index (χ0n) is 13.5. The highest BCUT2D eigenvalue weighted by Gasteiger charge is 2.23. The van der Waals surface area contributed by atoms with E-state index in [1.54, 1.807) is 18.2 Å². The molecule has 2 aromatic carbocycles. The molecule has 1 aliphatic heterocycles. The molecule has 128 valence electrons. The maximum absolute atomic E-state index is 12.5. The van der Waals surface area contributed by atoms with Gasteiger partial charge in [-0.2, -0.15) is 0 Å². The number of rotatable bonds is 3. The molecular weight excluding hydrogens is 342 g/mol. The summed E-state index contributed by atoms with van der Waals surface area (Å²) in [7, 11) is 0. The van der Waals surface area contributed by atoms with Crippen LogP contribution < -0.4 is 14.8 Å². The first kappa shape index (κ1) is 15.8. The van der Waals surface area contributed by atoms with Gasteiger partial charge in [0.15, 0.2) is 17.3 Å². The van der Waals surface area contributed by atoms with Crippen molar-refractivity contribution in [3.05, 3.63) is 58.8 Å². The summed E-state index contributed by atoms with van der Waals surface area (Å²) >= 11 is 6.01. The van der Waals surface area contributed by atoms with Gasteiger partial charge in [0, 0.05) is 16.0 Å². The van der Waals surface area contributed by atoms with Gasteiger partial charge in [-0.25, -0.2) is 0 Å². The van der Waals surface area contributed by atoms with Crippen LogP contribution in [-0.2, 0) is 0 Å². The van der Waals surface area contributed by atoms with Crippen LogP contribution in [-0.4, -0.2) is 25.2 Å². The summed E-state index contributed by atoms with van der Waals surface area (Å²) in [6, 6.07) is 12.8. The molecule has 1 atom stereocenters. The summed E-state index contributed by atoms with van der Waals surface area (Å²) in [5.41, 5.74) is 1.40. The van der Waals surface area contributed by atoms with Crippen LogP contribution >= 0.6 is 11.6 Å². The Kier molecular flexibility index (Phi) is 4.01. The molecule has 1 N–H and O–H groups in total. The number of furan rings is 1. The van der Waals surface area contributed by atoms with E-state index < -0.39 is 0 Å². The molecule has 0 fully saturated rings. The van der Waals surface area contributed by atoms with Gasteiger partial charge < -0.3 is 19.2 Å². The second kappa shape index (κ2) is 6.33. The highest BCUT2D eigenvalue weighted by atomic mass is 35.5. The number of nitrogens with one attached hydrogen (secondary N) is 1. The van der Waals surface area contributed by atoms with E-state index in [-0.39, 0.29) is 17.8 Å². The quantitative estimate of drug-likeness (QED) is 0.770. The van der Waals surface area contributed by atoms with Crippen molar-refractivity contribution >= 4 is 28.5 Å². The number of aryl methyl sites for hydroxylation is 1. The Morgan fingerprint density at radius 1 is 1.24 bits per heavy atom. The fraction of sp³-hybridized carbons (Fsp3) is 0.211. The summed E-state index contributed by atoms with van der Waals surface area (Å²) in [6.45, 7) is 2.55. The van der Waals surface area contributed by atoms with Crippen molar-refractivity contribution in [2.75, 3.05) is 13.2 Å². The van der Waals surface area contributed by atoms with E-state index >= 15 is 0 Å². The molecule has 1 aromatic heterocycles. The standard InChI is InChI=1S/C19H16ClNO4/c1-11-14-8-12(20)6-7-15(14)25-18(11)19(22)21-9-13-10-23-16-4-2-3-5-17(16)24-13/h2-8,13H,9-10H2,1H3,(H,21,22)/t13-/m1/s1. The molecule has 1 amide bonds. The molecule has 5 nitrogen and oxygen atoms in total. The molecule has 0 saturated carbocycles. The van der Waals surface area contributed by atoms with Gasteiger partial charge >= 0.3 is 0 Å². The van der Waals surface area contributed by atoms with Crippen LogP contribution in [0.1, 0.15) is 16.1 Å². The highest BCUT2D eigenvalue weighted by molar-refractivity contribution is 6.31. The fourth-order valence-corrected chi connectivity index (χ4v) is 3.03. The Bertz CT molecular complexity index is 950. The topological polar surface area (TPSA) is 60.7 Å². The van der Waals surface area contributed by atoms with Crippen LogP contribution in [0, 0.1) is 6.92 Å². The average Bonchev–Trinajstić information content (AvgIpc) is 2.96. The minimum absolute atomic E-state index is 0.252. The molecule has 2 heterocycles. The normalized spacial score (nSPS) is 16.0. The Hall–Kier alpha value is -2.66. The number of fused-ring (bicyclic) bond motifs is 2. The Balaban J connectivity index is 1.46. The molecule has 4 rings (SSSR count). The van der Waals surface area contributed by atoms with Crippen molar-refractivity contribution in [3.8, 4) is 11.5 Å². The van der Waals surface area contributed by atoms with Crippen molar-refractivity contribution in [2.45, 2.75) is 13.0 Å². The summed E-state index contributed by atoms with van der Waals surface area (Å²) in [5.74, 6) is 1.40. The lowest BCUT2D eigenvalue weighted by atomic mass is 10.1. The van der Waals surface area contributed by atoms with Crippen molar-refractivity contribution < 1.29 is 18.7 Å². The molecule has 25 heavy (non-hydrogen) atoms. The van der Waals surface area contributed by atoms with Crippen LogP contribution in [0.2, 0.25) is 5.02 Å². The first-order valence-electron chi connectivity index (χ1n) is 7.97. The second-order valence-corrected chi connectivity index (χ2v) is 6.34. The van der Waals surface area contributed by atoms with Crippen molar-refractivity contribution in [2.24, 2.45) is 0 Å². The van der Waals surface area contributed by atoms with Gasteiger partial charge in [-0.05, 0) is 37.3 Å². The van der Waals surface area contributed by atoms with Crippen LogP contribution in [0.5, 0.6) is 11.5 Å². The van der Waals surface area contributed by atoms with E-state index in [9.17, 15) is 4.79 Å². The zero-order valence-corrected chi connectivity index (χ0v) is 14.3. The lowest BCUT2D eigenvalue weighted by Crippen LogP contribution is -2.40. The van der Waals surface area contributed by atoms with Gasteiger partial charge in [-0.1, -0.05) is 23.7 Å². The lowest BCUT2D eigenvalue weighted by Gasteiger charge is -2.26. The van der Waals surface area contributed by atoms with Gasteiger partial charge in [-0.3, -0.25) is 4.79 Å². The number of ether oxygens (including phenoxy) is 2. The number of carbonyl (C=O) groups excluding carboxylic acids is 1. The molecule has 3 aromatic rings. The molecule has 0 radical (unpaired) electrons. The number of benzene rings is 2. The first-order chi connectivity index (χ1) is 12.1. The molecule has 0 unspecified atom stereocenters. The van der Waals surface area contributed by atoms with Gasteiger partial charge in [0.1, 0.15) is 18.3 Å². The molecule has 0 aliphatic carbocycles. The van der Waals surface area contributed by atoms with Crippen LogP contribution in [0.25, 0.3) is 11.0 Å². The van der Waals surface area contributed by atoms with Crippen LogP contribution in [0.3, 0.4) is 0 Å². The van der Waals surface area contributed by atoms with Crippen molar-refractivity contribution in [1.82, 2.24) is 5.32 Å². The Morgan fingerprint density at radius 2 is 2.04 bits per heavy atom. The number of amides is 1. The summed E-state index contributed by atoms with van der Waals surface area (Å²) in [4.78, 5) is 12.5. The molecule has 1 aliphatic rings. The van der Waals surface area contributed by atoms with E-state index in [1.165, 1.54) is 0 Å². The summed E-state index contributed by atoms with van der Waals surface area (Å²) in [5, 5.41) is 4.29. The molecule has 0 bridgehead atoms. The first-order valence-corrected chi connectivity index (χ1v) is 8.35. The van der Waals surface area contributed by atoms with E-state index in [4.69, 9.17) is 25.5 Å². The van der Waals surface area contributed by atoms with Gasteiger partial charge in [0.05, 0.1) is 6.54 Å². The number of halogens is 1. The zero-order chi connectivity index (χ0) is 17.4. The molecular formula is C19H16ClNO4. The number of hydrogen-bond acceptors (Lipinski definition) is 4.